The number of aromatic amines is 2. The summed E-state index contributed by atoms with van der Waals surface area (Å²) in [4.78, 5) is 46.3. The maximum absolute atomic E-state index is 14.5. The maximum Gasteiger partial charge on any atom is 0.330 e. The second-order valence-electron chi connectivity index (χ2n) is 8.31. The minimum absolute atomic E-state index is 0.00768. The molecule has 0 aliphatic heterocycles. The molecule has 2 aromatic carbocycles. The number of carbonyl (C=O) groups excluding carboxylic acids is 1. The monoisotopic (exact) mass is 479 g/mol. The van der Waals surface area contributed by atoms with Crippen LogP contribution in [0.25, 0.3) is 11.2 Å². The Balaban J connectivity index is 1.81. The van der Waals surface area contributed by atoms with Crippen molar-refractivity contribution < 1.29 is 14.3 Å². The van der Waals surface area contributed by atoms with Crippen LogP contribution in [-0.2, 0) is 17.8 Å². The van der Waals surface area contributed by atoms with E-state index < -0.39 is 17.2 Å². The van der Waals surface area contributed by atoms with E-state index in [1.165, 1.54) is 17.6 Å². The standard InChI is InChI=1S/C25H26FN5O4/c1-15(33)27-18-10-8-16(9-11-18)19(14-17-6-2-3-7-20(17)26)22-28-21-23(29-22)31(12-4-5-13-32)25(35)30-24(21)34/h2-3,6-11,19,32H,4-5,12-14H2,1H3,(H,27,33)(H,28,29)(H,30,34,35). The van der Waals surface area contributed by atoms with Crippen LogP contribution in [0.2, 0.25) is 0 Å². The Hall–Kier alpha value is -4.05. The summed E-state index contributed by atoms with van der Waals surface area (Å²) in [5.41, 5.74) is 1.06. The number of nitrogens with zero attached hydrogens (tertiary/aromatic N) is 2. The Morgan fingerprint density at radius 1 is 1.11 bits per heavy atom. The van der Waals surface area contributed by atoms with E-state index in [1.54, 1.807) is 30.3 Å². The third kappa shape index (κ3) is 5.38. The first-order valence-corrected chi connectivity index (χ1v) is 11.3. The summed E-state index contributed by atoms with van der Waals surface area (Å²) in [5, 5.41) is 11.8. The number of carbonyl (C=O) groups is 1. The van der Waals surface area contributed by atoms with Crippen molar-refractivity contribution in [3.63, 3.8) is 0 Å². The number of hydrogen-bond acceptors (Lipinski definition) is 5. The Labute approximate surface area is 199 Å². The molecule has 2 heterocycles. The van der Waals surface area contributed by atoms with Crippen LogP contribution < -0.4 is 16.6 Å². The van der Waals surface area contributed by atoms with Crippen molar-refractivity contribution in [2.45, 2.75) is 38.6 Å². The second kappa shape index (κ2) is 10.5. The highest BCUT2D eigenvalue weighted by Gasteiger charge is 2.23. The average Bonchev–Trinajstić information content (AvgIpc) is 3.27. The highest BCUT2D eigenvalue weighted by atomic mass is 19.1. The van der Waals surface area contributed by atoms with E-state index in [-0.39, 0.29) is 42.5 Å². The van der Waals surface area contributed by atoms with Crippen molar-refractivity contribution in [1.82, 2.24) is 19.5 Å². The number of unbranched alkanes of at least 4 members (excludes halogenated alkanes) is 1. The van der Waals surface area contributed by atoms with Gasteiger partial charge in [0.15, 0.2) is 5.65 Å². The summed E-state index contributed by atoms with van der Waals surface area (Å²) in [6, 6.07) is 13.5. The van der Waals surface area contributed by atoms with Crippen molar-refractivity contribution in [2.75, 3.05) is 11.9 Å². The largest absolute Gasteiger partial charge is 0.396 e. The number of H-pyrrole nitrogens is 2. The van der Waals surface area contributed by atoms with Gasteiger partial charge in [-0.3, -0.25) is 19.1 Å². The molecule has 1 unspecified atom stereocenters. The third-order valence-electron chi connectivity index (χ3n) is 5.79. The summed E-state index contributed by atoms with van der Waals surface area (Å²) in [7, 11) is 0. The van der Waals surface area contributed by atoms with E-state index >= 15 is 0 Å². The molecule has 9 nitrogen and oxygen atoms in total. The van der Waals surface area contributed by atoms with Gasteiger partial charge in [-0.1, -0.05) is 30.3 Å². The van der Waals surface area contributed by atoms with E-state index in [4.69, 9.17) is 5.11 Å². The number of amides is 1. The number of benzene rings is 2. The van der Waals surface area contributed by atoms with Crippen LogP contribution in [0, 0.1) is 5.82 Å². The first-order valence-electron chi connectivity index (χ1n) is 11.3. The number of fused-ring (bicyclic) bond motifs is 1. The lowest BCUT2D eigenvalue weighted by atomic mass is 9.91. The van der Waals surface area contributed by atoms with Gasteiger partial charge in [-0.2, -0.15) is 0 Å². The molecule has 10 heteroatoms. The molecule has 4 rings (SSSR count). The molecule has 0 spiro atoms. The first kappa shape index (κ1) is 24.1. The van der Waals surface area contributed by atoms with Gasteiger partial charge >= 0.3 is 5.69 Å². The number of aliphatic hydroxyl groups excluding tert-OH is 1. The zero-order valence-corrected chi connectivity index (χ0v) is 19.2. The fraction of sp³-hybridized carbons (Fsp3) is 0.280. The Morgan fingerprint density at radius 2 is 1.86 bits per heavy atom. The van der Waals surface area contributed by atoms with Gasteiger partial charge in [0.2, 0.25) is 5.91 Å². The fourth-order valence-electron chi connectivity index (χ4n) is 4.07. The van der Waals surface area contributed by atoms with Crippen LogP contribution in [0.3, 0.4) is 0 Å². The fourth-order valence-corrected chi connectivity index (χ4v) is 4.07. The first-order chi connectivity index (χ1) is 16.9. The van der Waals surface area contributed by atoms with Crippen LogP contribution in [-0.4, -0.2) is 37.1 Å². The second-order valence-corrected chi connectivity index (χ2v) is 8.31. The van der Waals surface area contributed by atoms with Crippen LogP contribution in [0.5, 0.6) is 0 Å². The molecule has 4 N–H and O–H groups in total. The van der Waals surface area contributed by atoms with E-state index in [0.717, 1.165) is 5.56 Å². The molecule has 0 fully saturated rings. The Bertz CT molecular complexity index is 1460. The lowest BCUT2D eigenvalue weighted by molar-refractivity contribution is -0.114. The molecule has 1 amide bonds. The molecule has 0 saturated carbocycles. The number of rotatable bonds is 9. The van der Waals surface area contributed by atoms with Gasteiger partial charge in [0.1, 0.15) is 17.2 Å². The molecule has 0 aliphatic rings. The van der Waals surface area contributed by atoms with Gasteiger partial charge in [-0.15, -0.1) is 0 Å². The minimum atomic E-state index is -0.590. The van der Waals surface area contributed by atoms with Crippen molar-refractivity contribution in [3.05, 3.63) is 92.1 Å². The van der Waals surface area contributed by atoms with Gasteiger partial charge in [0.25, 0.3) is 5.56 Å². The molecule has 2 aromatic heterocycles. The van der Waals surface area contributed by atoms with E-state index in [1.807, 2.05) is 12.1 Å². The van der Waals surface area contributed by atoms with Gasteiger partial charge in [0, 0.05) is 31.7 Å². The van der Waals surface area contributed by atoms with Crippen LogP contribution in [0.1, 0.15) is 42.6 Å². The summed E-state index contributed by atoms with van der Waals surface area (Å²) < 4.78 is 15.9. The van der Waals surface area contributed by atoms with E-state index in [2.05, 4.69) is 20.3 Å². The van der Waals surface area contributed by atoms with E-state index in [9.17, 15) is 18.8 Å². The lowest BCUT2D eigenvalue weighted by Gasteiger charge is -2.16. The lowest BCUT2D eigenvalue weighted by Crippen LogP contribution is -2.30. The third-order valence-corrected chi connectivity index (χ3v) is 5.79. The van der Waals surface area contributed by atoms with E-state index in [0.29, 0.717) is 29.9 Å². The van der Waals surface area contributed by atoms with Crippen LogP contribution >= 0.6 is 0 Å². The van der Waals surface area contributed by atoms with Gasteiger partial charge < -0.3 is 15.4 Å². The Kier molecular flexibility index (Phi) is 7.21. The number of aliphatic hydroxyl groups is 1. The predicted molar refractivity (Wildman–Crippen MR) is 130 cm³/mol. The quantitative estimate of drug-likeness (QED) is 0.274. The number of hydrogen-bond donors (Lipinski definition) is 4. The number of aryl methyl sites for hydroxylation is 1. The molecule has 1 atom stereocenters. The van der Waals surface area contributed by atoms with Gasteiger partial charge in [-0.05, 0) is 48.6 Å². The number of aromatic nitrogens is 4. The summed E-state index contributed by atoms with van der Waals surface area (Å²) in [6.45, 7) is 1.69. The molecule has 0 aliphatic carbocycles. The topological polar surface area (TPSA) is 133 Å². The number of nitrogens with one attached hydrogen (secondary N) is 3. The van der Waals surface area contributed by atoms with Crippen LogP contribution in [0.15, 0.2) is 58.1 Å². The van der Waals surface area contributed by atoms with Crippen LogP contribution in [0.4, 0.5) is 10.1 Å². The summed E-state index contributed by atoms with van der Waals surface area (Å²) in [6.07, 6.45) is 1.28. The number of imidazole rings is 1. The highest BCUT2D eigenvalue weighted by Crippen LogP contribution is 2.29. The average molecular weight is 480 g/mol. The molecule has 0 saturated heterocycles. The normalized spacial score (nSPS) is 12.1. The number of anilines is 1. The molecular weight excluding hydrogens is 453 g/mol. The summed E-state index contributed by atoms with van der Waals surface area (Å²) in [5.74, 6) is -0.618. The SMILES string of the molecule is CC(=O)Nc1ccc(C(Cc2ccccc2F)c2nc3c([nH]2)c(=O)[nH]c(=O)n3CCCCO)cc1. The number of halogens is 1. The van der Waals surface area contributed by atoms with Crippen molar-refractivity contribution in [3.8, 4) is 0 Å². The minimum Gasteiger partial charge on any atom is -0.396 e. The van der Waals surface area contributed by atoms with Crippen molar-refractivity contribution in [1.29, 1.82) is 0 Å². The maximum atomic E-state index is 14.5. The molecule has 0 bridgehead atoms. The van der Waals surface area contributed by atoms with Gasteiger partial charge in [-0.25, -0.2) is 14.2 Å². The molecule has 4 aromatic rings. The Morgan fingerprint density at radius 3 is 2.54 bits per heavy atom. The molecule has 35 heavy (non-hydrogen) atoms. The van der Waals surface area contributed by atoms with Gasteiger partial charge in [0.05, 0.1) is 0 Å². The molecule has 182 valence electrons. The molecular formula is C25H26FN5O4. The highest BCUT2D eigenvalue weighted by molar-refractivity contribution is 5.88. The predicted octanol–water partition coefficient (Wildman–Crippen LogP) is 2.66. The smallest absolute Gasteiger partial charge is 0.330 e. The van der Waals surface area contributed by atoms with Crippen molar-refractivity contribution >= 4 is 22.8 Å². The zero-order chi connectivity index (χ0) is 24.9. The zero-order valence-electron chi connectivity index (χ0n) is 19.2. The molecule has 0 radical (unpaired) electrons. The van der Waals surface area contributed by atoms with Crippen molar-refractivity contribution in [2.24, 2.45) is 0 Å². The summed E-state index contributed by atoms with van der Waals surface area (Å²) >= 11 is 0.